The number of aromatic nitrogens is 2. The van der Waals surface area contributed by atoms with Gasteiger partial charge in [-0.3, -0.25) is 0 Å². The predicted octanol–water partition coefficient (Wildman–Crippen LogP) is 2.65. The molecule has 0 fully saturated rings. The number of hydrogen-bond donors (Lipinski definition) is 3. The van der Waals surface area contributed by atoms with Gasteiger partial charge in [0, 0.05) is 11.3 Å². The van der Waals surface area contributed by atoms with E-state index in [2.05, 4.69) is 41.5 Å². The third-order valence-corrected chi connectivity index (χ3v) is 4.48. The second kappa shape index (κ2) is 6.30. The van der Waals surface area contributed by atoms with E-state index in [9.17, 15) is 4.79 Å². The quantitative estimate of drug-likeness (QED) is 0.762. The second-order valence-corrected chi connectivity index (χ2v) is 6.17. The average molecular weight is 279 g/mol. The monoisotopic (exact) mass is 279 g/mol. The van der Waals surface area contributed by atoms with Crippen LogP contribution in [0.5, 0.6) is 0 Å². The number of nitrogens with one attached hydrogen (secondary N) is 3. The Morgan fingerprint density at radius 3 is 2.74 bits per heavy atom. The van der Waals surface area contributed by atoms with Crippen LogP contribution in [-0.4, -0.2) is 28.0 Å². The summed E-state index contributed by atoms with van der Waals surface area (Å²) < 4.78 is 0. The van der Waals surface area contributed by atoms with E-state index in [-0.39, 0.29) is 11.7 Å². The lowest BCUT2D eigenvalue weighted by Gasteiger charge is -2.16. The zero-order valence-corrected chi connectivity index (χ0v) is 12.4. The lowest BCUT2D eigenvalue weighted by Crippen LogP contribution is -2.21. The molecule has 1 aromatic heterocycles. The van der Waals surface area contributed by atoms with Crippen molar-refractivity contribution < 1.29 is 0 Å². The maximum absolute atomic E-state index is 11.2. The molecular weight excluding hydrogens is 258 g/mol. The molecule has 2 unspecified atom stereocenters. The first-order valence-corrected chi connectivity index (χ1v) is 7.87. The molecule has 0 aliphatic carbocycles. The fourth-order valence-corrected chi connectivity index (χ4v) is 2.41. The Balaban J connectivity index is 2.00. The molecule has 3 N–H and O–H groups in total. The topological polar surface area (TPSA) is 60.7 Å². The predicted molar refractivity (Wildman–Crippen MR) is 82.9 cm³/mol. The standard InChI is InChI=1S/C14H21N3OS/c1-9(19-3)6-7-15-10(2)11-4-5-12-13(8-11)17-14(18)16-12/h4-5,8-10,15H,6-7H2,1-3H3,(H2,16,17,18). The van der Waals surface area contributed by atoms with E-state index in [0.717, 1.165) is 24.0 Å². The van der Waals surface area contributed by atoms with Gasteiger partial charge < -0.3 is 15.3 Å². The van der Waals surface area contributed by atoms with Crippen LogP contribution in [0.4, 0.5) is 0 Å². The van der Waals surface area contributed by atoms with E-state index < -0.39 is 0 Å². The number of thioether (sulfide) groups is 1. The Bertz CT molecular complexity index is 590. The number of fused-ring (bicyclic) bond motifs is 1. The van der Waals surface area contributed by atoms with E-state index in [1.54, 1.807) is 0 Å². The highest BCUT2D eigenvalue weighted by atomic mass is 32.2. The lowest BCUT2D eigenvalue weighted by atomic mass is 10.1. The summed E-state index contributed by atoms with van der Waals surface area (Å²) in [6, 6.07) is 6.33. The summed E-state index contributed by atoms with van der Waals surface area (Å²) in [5.74, 6) is 0. The summed E-state index contributed by atoms with van der Waals surface area (Å²) in [5, 5.41) is 4.20. The molecule has 104 valence electrons. The molecule has 2 aromatic rings. The highest BCUT2D eigenvalue weighted by molar-refractivity contribution is 7.99. The van der Waals surface area contributed by atoms with Crippen molar-refractivity contribution in [2.24, 2.45) is 0 Å². The van der Waals surface area contributed by atoms with Gasteiger partial charge in [0.05, 0.1) is 11.0 Å². The van der Waals surface area contributed by atoms with Crippen molar-refractivity contribution in [3.8, 4) is 0 Å². The first-order valence-electron chi connectivity index (χ1n) is 6.58. The molecule has 19 heavy (non-hydrogen) atoms. The summed E-state index contributed by atoms with van der Waals surface area (Å²) in [6.07, 6.45) is 3.30. The normalized spacial score (nSPS) is 14.7. The van der Waals surface area contributed by atoms with Crippen LogP contribution < -0.4 is 11.0 Å². The van der Waals surface area contributed by atoms with Gasteiger partial charge in [0.15, 0.2) is 0 Å². The number of rotatable bonds is 6. The largest absolute Gasteiger partial charge is 0.323 e. The number of benzene rings is 1. The minimum Gasteiger partial charge on any atom is -0.310 e. The van der Waals surface area contributed by atoms with E-state index in [1.165, 1.54) is 5.56 Å². The smallest absolute Gasteiger partial charge is 0.310 e. The summed E-state index contributed by atoms with van der Waals surface area (Å²) in [4.78, 5) is 16.8. The van der Waals surface area contributed by atoms with Crippen molar-refractivity contribution in [2.75, 3.05) is 12.8 Å². The summed E-state index contributed by atoms with van der Waals surface area (Å²) >= 11 is 1.89. The Labute approximate surface area is 117 Å². The Kier molecular flexibility index (Phi) is 4.71. The van der Waals surface area contributed by atoms with E-state index in [4.69, 9.17) is 0 Å². The molecule has 1 aromatic carbocycles. The first-order chi connectivity index (χ1) is 9.10. The van der Waals surface area contributed by atoms with Crippen LogP contribution in [0.1, 0.15) is 31.9 Å². The Morgan fingerprint density at radius 2 is 2.00 bits per heavy atom. The lowest BCUT2D eigenvalue weighted by molar-refractivity contribution is 0.558. The molecule has 0 saturated heterocycles. The highest BCUT2D eigenvalue weighted by Gasteiger charge is 2.07. The molecule has 2 rings (SSSR count). The van der Waals surface area contributed by atoms with Crippen LogP contribution >= 0.6 is 11.8 Å². The first kappa shape index (κ1) is 14.2. The third kappa shape index (κ3) is 3.64. The maximum atomic E-state index is 11.2. The Hall–Kier alpha value is -1.20. The van der Waals surface area contributed by atoms with Crippen LogP contribution in [0.2, 0.25) is 0 Å². The fourth-order valence-electron chi connectivity index (χ4n) is 2.06. The van der Waals surface area contributed by atoms with Gasteiger partial charge in [-0.2, -0.15) is 11.8 Å². The molecule has 0 amide bonds. The zero-order valence-electron chi connectivity index (χ0n) is 11.6. The number of H-pyrrole nitrogens is 2. The van der Waals surface area contributed by atoms with Crippen molar-refractivity contribution >= 4 is 22.8 Å². The molecule has 0 aliphatic rings. The molecule has 5 heteroatoms. The summed E-state index contributed by atoms with van der Waals surface area (Å²) in [6.45, 7) is 5.40. The van der Waals surface area contributed by atoms with Gasteiger partial charge in [0.25, 0.3) is 0 Å². The minimum atomic E-state index is -0.151. The van der Waals surface area contributed by atoms with Gasteiger partial charge in [0.1, 0.15) is 0 Å². The minimum absolute atomic E-state index is 0.151. The number of aromatic amines is 2. The van der Waals surface area contributed by atoms with Gasteiger partial charge in [-0.25, -0.2) is 4.79 Å². The molecule has 0 radical (unpaired) electrons. The maximum Gasteiger partial charge on any atom is 0.323 e. The van der Waals surface area contributed by atoms with E-state index in [1.807, 2.05) is 23.9 Å². The van der Waals surface area contributed by atoms with Gasteiger partial charge in [0.2, 0.25) is 0 Å². The molecule has 2 atom stereocenters. The summed E-state index contributed by atoms with van der Waals surface area (Å²) in [5.41, 5.74) is 2.77. The number of hydrogen-bond acceptors (Lipinski definition) is 3. The van der Waals surface area contributed by atoms with Gasteiger partial charge >= 0.3 is 5.69 Å². The molecule has 4 nitrogen and oxygen atoms in total. The van der Waals surface area contributed by atoms with Crippen LogP contribution in [0.25, 0.3) is 11.0 Å². The van der Waals surface area contributed by atoms with E-state index in [0.29, 0.717) is 5.25 Å². The van der Waals surface area contributed by atoms with Gasteiger partial charge in [-0.15, -0.1) is 0 Å². The van der Waals surface area contributed by atoms with Crippen LogP contribution in [0, 0.1) is 0 Å². The SMILES string of the molecule is CSC(C)CCNC(C)c1ccc2[nH]c(=O)[nH]c2c1. The van der Waals surface area contributed by atoms with Gasteiger partial charge in [-0.05, 0) is 43.8 Å². The van der Waals surface area contributed by atoms with Crippen molar-refractivity contribution in [1.82, 2.24) is 15.3 Å². The molecule has 0 bridgehead atoms. The van der Waals surface area contributed by atoms with Crippen molar-refractivity contribution in [3.63, 3.8) is 0 Å². The molecular formula is C14H21N3OS. The molecule has 0 saturated carbocycles. The van der Waals surface area contributed by atoms with Gasteiger partial charge in [-0.1, -0.05) is 13.0 Å². The average Bonchev–Trinajstić information content (AvgIpc) is 2.77. The molecule has 0 aliphatic heterocycles. The van der Waals surface area contributed by atoms with Crippen molar-refractivity contribution in [2.45, 2.75) is 31.6 Å². The molecule has 0 spiro atoms. The van der Waals surface area contributed by atoms with E-state index >= 15 is 0 Å². The Morgan fingerprint density at radius 1 is 1.26 bits per heavy atom. The summed E-state index contributed by atoms with van der Waals surface area (Å²) in [7, 11) is 0. The highest BCUT2D eigenvalue weighted by Crippen LogP contribution is 2.17. The fraction of sp³-hybridized carbons (Fsp3) is 0.500. The van der Waals surface area contributed by atoms with Crippen LogP contribution in [0.15, 0.2) is 23.0 Å². The third-order valence-electron chi connectivity index (χ3n) is 3.44. The molecule has 1 heterocycles. The van der Waals surface area contributed by atoms with Crippen LogP contribution in [-0.2, 0) is 0 Å². The number of imidazole rings is 1. The van der Waals surface area contributed by atoms with Crippen molar-refractivity contribution in [3.05, 3.63) is 34.2 Å². The second-order valence-electron chi connectivity index (χ2n) is 4.89. The van der Waals surface area contributed by atoms with Crippen molar-refractivity contribution in [1.29, 1.82) is 0 Å². The van der Waals surface area contributed by atoms with Crippen LogP contribution in [0.3, 0.4) is 0 Å². The zero-order chi connectivity index (χ0) is 13.8.